The van der Waals surface area contributed by atoms with Crippen molar-refractivity contribution in [1.29, 1.82) is 0 Å². The monoisotopic (exact) mass is 454 g/mol. The first kappa shape index (κ1) is 19.2. The molecule has 1 unspecified atom stereocenters. The van der Waals surface area contributed by atoms with E-state index in [1.165, 1.54) is 6.92 Å². The van der Waals surface area contributed by atoms with Crippen molar-refractivity contribution < 1.29 is 19.1 Å². The SMILES string of the molecule is COc1ccc(Oc2ccc(CC(N)C(=O)NC(C)=O)cc2I)cc1. The predicted molar refractivity (Wildman–Crippen MR) is 103 cm³/mol. The standard InChI is InChI=1S/C18H19IN2O4/c1-11(22)21-18(23)16(20)10-12-3-8-17(15(19)9-12)25-14-6-4-13(24-2)5-7-14/h3-9,16H,10,20H2,1-2H3,(H,21,22,23). The highest BCUT2D eigenvalue weighted by Gasteiger charge is 2.16. The van der Waals surface area contributed by atoms with Crippen molar-refractivity contribution in [2.75, 3.05) is 7.11 Å². The van der Waals surface area contributed by atoms with Crippen LogP contribution in [0.4, 0.5) is 0 Å². The molecule has 2 amide bonds. The molecule has 1 atom stereocenters. The van der Waals surface area contributed by atoms with Crippen molar-refractivity contribution in [2.45, 2.75) is 19.4 Å². The lowest BCUT2D eigenvalue weighted by atomic mass is 10.1. The van der Waals surface area contributed by atoms with Gasteiger partial charge in [0.05, 0.1) is 16.7 Å². The van der Waals surface area contributed by atoms with Crippen LogP contribution in [-0.4, -0.2) is 25.0 Å². The molecule has 7 heteroatoms. The molecule has 0 aliphatic heterocycles. The van der Waals surface area contributed by atoms with Crippen LogP contribution in [0.2, 0.25) is 0 Å². The topological polar surface area (TPSA) is 90.7 Å². The summed E-state index contributed by atoms with van der Waals surface area (Å²) in [5.41, 5.74) is 6.71. The predicted octanol–water partition coefficient (Wildman–Crippen LogP) is 2.62. The fourth-order valence-corrected chi connectivity index (χ4v) is 2.83. The maximum absolute atomic E-state index is 11.7. The van der Waals surface area contributed by atoms with E-state index in [4.69, 9.17) is 15.2 Å². The smallest absolute Gasteiger partial charge is 0.243 e. The van der Waals surface area contributed by atoms with E-state index in [0.717, 1.165) is 14.9 Å². The largest absolute Gasteiger partial charge is 0.497 e. The van der Waals surface area contributed by atoms with Gasteiger partial charge in [0, 0.05) is 6.92 Å². The summed E-state index contributed by atoms with van der Waals surface area (Å²) in [6, 6.07) is 12.1. The van der Waals surface area contributed by atoms with E-state index in [9.17, 15) is 9.59 Å². The molecule has 2 aromatic carbocycles. The van der Waals surface area contributed by atoms with Crippen LogP contribution in [-0.2, 0) is 16.0 Å². The van der Waals surface area contributed by atoms with E-state index >= 15 is 0 Å². The van der Waals surface area contributed by atoms with Crippen LogP contribution in [0.5, 0.6) is 17.2 Å². The molecule has 6 nitrogen and oxygen atoms in total. The molecule has 2 rings (SSSR count). The van der Waals surface area contributed by atoms with Crippen molar-refractivity contribution in [1.82, 2.24) is 5.32 Å². The minimum absolute atomic E-state index is 0.331. The molecule has 0 aromatic heterocycles. The van der Waals surface area contributed by atoms with E-state index < -0.39 is 17.9 Å². The molecule has 0 radical (unpaired) electrons. The number of benzene rings is 2. The van der Waals surface area contributed by atoms with Gasteiger partial charge in [-0.25, -0.2) is 0 Å². The molecule has 2 aromatic rings. The lowest BCUT2D eigenvalue weighted by molar-refractivity contribution is -0.130. The second kappa shape index (κ2) is 8.82. The molecule has 3 N–H and O–H groups in total. The van der Waals surface area contributed by atoms with Gasteiger partial charge in [0.2, 0.25) is 11.8 Å². The molecule has 0 fully saturated rings. The van der Waals surface area contributed by atoms with Gasteiger partial charge in [-0.15, -0.1) is 0 Å². The Morgan fingerprint density at radius 1 is 1.16 bits per heavy atom. The van der Waals surface area contributed by atoms with Gasteiger partial charge in [-0.3, -0.25) is 14.9 Å². The third-order valence-corrected chi connectivity index (χ3v) is 4.22. The summed E-state index contributed by atoms with van der Waals surface area (Å²) in [6.07, 6.45) is 0.331. The summed E-state index contributed by atoms with van der Waals surface area (Å²) in [5, 5.41) is 2.19. The second-order valence-corrected chi connectivity index (χ2v) is 6.56. The van der Waals surface area contributed by atoms with Crippen molar-refractivity contribution in [2.24, 2.45) is 5.73 Å². The molecular weight excluding hydrogens is 435 g/mol. The zero-order valence-corrected chi connectivity index (χ0v) is 16.1. The summed E-state index contributed by atoms with van der Waals surface area (Å²) in [7, 11) is 1.61. The Balaban J connectivity index is 2.04. The Bertz CT molecular complexity index is 762. The fourth-order valence-electron chi connectivity index (χ4n) is 2.14. The van der Waals surface area contributed by atoms with Crippen LogP contribution in [0, 0.1) is 3.57 Å². The molecule has 0 spiro atoms. The van der Waals surface area contributed by atoms with E-state index in [0.29, 0.717) is 17.9 Å². The lowest BCUT2D eigenvalue weighted by Gasteiger charge is -2.13. The number of nitrogens with two attached hydrogens (primary N) is 1. The zero-order valence-electron chi connectivity index (χ0n) is 13.9. The molecule has 25 heavy (non-hydrogen) atoms. The van der Waals surface area contributed by atoms with Gasteiger partial charge in [0.25, 0.3) is 0 Å². The Kier molecular flexibility index (Phi) is 6.77. The minimum atomic E-state index is -0.784. The third kappa shape index (κ3) is 5.71. The molecular formula is C18H19IN2O4. The van der Waals surface area contributed by atoms with Crippen LogP contribution < -0.4 is 20.5 Å². The number of hydrogen-bond acceptors (Lipinski definition) is 5. The van der Waals surface area contributed by atoms with Gasteiger partial charge in [-0.2, -0.15) is 0 Å². The van der Waals surface area contributed by atoms with Crippen molar-refractivity contribution in [3.63, 3.8) is 0 Å². The number of carbonyl (C=O) groups is 2. The highest BCUT2D eigenvalue weighted by Crippen LogP contribution is 2.29. The highest BCUT2D eigenvalue weighted by molar-refractivity contribution is 14.1. The molecule has 0 saturated heterocycles. The fraction of sp³-hybridized carbons (Fsp3) is 0.222. The summed E-state index contributed by atoms with van der Waals surface area (Å²) >= 11 is 2.17. The number of ether oxygens (including phenoxy) is 2. The van der Waals surface area contributed by atoms with Gasteiger partial charge in [0.1, 0.15) is 17.2 Å². The highest BCUT2D eigenvalue weighted by atomic mass is 127. The van der Waals surface area contributed by atoms with E-state index in [1.807, 2.05) is 42.5 Å². The maximum Gasteiger partial charge on any atom is 0.243 e. The van der Waals surface area contributed by atoms with Gasteiger partial charge in [-0.1, -0.05) is 6.07 Å². The number of carbonyl (C=O) groups excluding carboxylic acids is 2. The third-order valence-electron chi connectivity index (χ3n) is 3.38. The van der Waals surface area contributed by atoms with Crippen molar-refractivity contribution in [3.05, 3.63) is 51.6 Å². The first-order valence-electron chi connectivity index (χ1n) is 7.56. The Hall–Kier alpha value is -2.13. The van der Waals surface area contributed by atoms with E-state index in [1.54, 1.807) is 7.11 Å². The molecule has 132 valence electrons. The molecule has 0 heterocycles. The van der Waals surface area contributed by atoms with E-state index in [-0.39, 0.29) is 0 Å². The Morgan fingerprint density at radius 3 is 2.36 bits per heavy atom. The molecule has 0 bridgehead atoms. The number of nitrogens with one attached hydrogen (secondary N) is 1. The van der Waals surface area contributed by atoms with Gasteiger partial charge in [0.15, 0.2) is 0 Å². The van der Waals surface area contributed by atoms with E-state index in [2.05, 4.69) is 27.9 Å². The average Bonchev–Trinajstić information content (AvgIpc) is 2.57. The second-order valence-electron chi connectivity index (χ2n) is 5.40. The number of methoxy groups -OCH3 is 1. The number of imide groups is 1. The van der Waals surface area contributed by atoms with Crippen LogP contribution in [0.1, 0.15) is 12.5 Å². The normalized spacial score (nSPS) is 11.5. The minimum Gasteiger partial charge on any atom is -0.497 e. The summed E-state index contributed by atoms with van der Waals surface area (Å²) in [5.74, 6) is 1.26. The quantitative estimate of drug-likeness (QED) is 0.656. The number of amides is 2. The average molecular weight is 454 g/mol. The lowest BCUT2D eigenvalue weighted by Crippen LogP contribution is -2.43. The van der Waals surface area contributed by atoms with Crippen molar-refractivity contribution >= 4 is 34.4 Å². The molecule has 0 aliphatic rings. The Morgan fingerprint density at radius 2 is 1.80 bits per heavy atom. The first-order valence-corrected chi connectivity index (χ1v) is 8.64. The number of halogens is 1. The van der Waals surface area contributed by atoms with Crippen LogP contribution in [0.15, 0.2) is 42.5 Å². The first-order chi connectivity index (χ1) is 11.9. The summed E-state index contributed by atoms with van der Waals surface area (Å²) in [6.45, 7) is 1.28. The Labute approximate surface area is 159 Å². The van der Waals surface area contributed by atoms with Crippen LogP contribution >= 0.6 is 22.6 Å². The van der Waals surface area contributed by atoms with Gasteiger partial charge >= 0.3 is 0 Å². The van der Waals surface area contributed by atoms with Gasteiger partial charge < -0.3 is 15.2 Å². The maximum atomic E-state index is 11.7. The van der Waals surface area contributed by atoms with Crippen LogP contribution in [0.3, 0.4) is 0 Å². The molecule has 0 aliphatic carbocycles. The van der Waals surface area contributed by atoms with Crippen LogP contribution in [0.25, 0.3) is 0 Å². The van der Waals surface area contributed by atoms with Gasteiger partial charge in [-0.05, 0) is 71.0 Å². The number of rotatable bonds is 6. The molecule has 0 saturated carbocycles. The zero-order chi connectivity index (χ0) is 18.4. The van der Waals surface area contributed by atoms with Crippen molar-refractivity contribution in [3.8, 4) is 17.2 Å². The summed E-state index contributed by atoms with van der Waals surface area (Å²) < 4.78 is 11.9. The number of hydrogen-bond donors (Lipinski definition) is 2. The summed E-state index contributed by atoms with van der Waals surface area (Å²) in [4.78, 5) is 22.6.